The molecular formula is C21H27N3O4S2. The molecule has 1 heterocycles. The first-order chi connectivity index (χ1) is 14.5. The van der Waals surface area contributed by atoms with Gasteiger partial charge in [0.2, 0.25) is 0 Å². The molecule has 162 valence electrons. The maximum absolute atomic E-state index is 13.1. The van der Waals surface area contributed by atoms with Crippen LogP contribution in [0.25, 0.3) is 0 Å². The highest BCUT2D eigenvalue weighted by Crippen LogP contribution is 2.32. The first-order valence-electron chi connectivity index (χ1n) is 10.00. The molecule has 1 aliphatic carbocycles. The van der Waals surface area contributed by atoms with E-state index in [9.17, 15) is 9.59 Å². The highest BCUT2D eigenvalue weighted by molar-refractivity contribution is 8.01. The summed E-state index contributed by atoms with van der Waals surface area (Å²) in [5.74, 6) is 0.397. The van der Waals surface area contributed by atoms with Crippen LogP contribution >= 0.6 is 23.1 Å². The van der Waals surface area contributed by atoms with Crippen LogP contribution in [0, 0.1) is 11.8 Å². The fourth-order valence-corrected chi connectivity index (χ4v) is 5.26. The number of methoxy groups -OCH3 is 1. The van der Waals surface area contributed by atoms with Crippen LogP contribution in [0.15, 0.2) is 34.7 Å². The van der Waals surface area contributed by atoms with E-state index < -0.39 is 11.9 Å². The first-order valence-corrected chi connectivity index (χ1v) is 11.8. The summed E-state index contributed by atoms with van der Waals surface area (Å²) in [6.07, 6.45) is 6.35. The van der Waals surface area contributed by atoms with Gasteiger partial charge in [0.1, 0.15) is 5.75 Å². The number of amides is 2. The monoisotopic (exact) mass is 449 g/mol. The van der Waals surface area contributed by atoms with Crippen molar-refractivity contribution in [3.05, 3.63) is 30.5 Å². The van der Waals surface area contributed by atoms with Gasteiger partial charge in [0.15, 0.2) is 5.13 Å². The van der Waals surface area contributed by atoms with Gasteiger partial charge < -0.3 is 9.84 Å². The molecule has 1 aromatic carbocycles. The molecule has 1 atom stereocenters. The van der Waals surface area contributed by atoms with Crippen LogP contribution in [0.3, 0.4) is 0 Å². The Morgan fingerprint density at radius 1 is 1.40 bits per heavy atom. The molecule has 0 saturated heterocycles. The quantitative estimate of drug-likeness (QED) is 0.512. The average molecular weight is 450 g/mol. The average Bonchev–Trinajstić information content (AvgIpc) is 3.42. The number of carboxylic acid groups (broad SMARTS) is 1. The Bertz CT molecular complexity index is 867. The van der Waals surface area contributed by atoms with Crippen molar-refractivity contribution in [2.24, 2.45) is 11.8 Å². The Hall–Kier alpha value is -2.26. The lowest BCUT2D eigenvalue weighted by Gasteiger charge is -2.26. The molecule has 7 nitrogen and oxygen atoms in total. The van der Waals surface area contributed by atoms with E-state index >= 15 is 0 Å². The number of anilines is 2. The topological polar surface area (TPSA) is 91.8 Å². The van der Waals surface area contributed by atoms with E-state index in [1.807, 2.05) is 24.3 Å². The van der Waals surface area contributed by atoms with Gasteiger partial charge in [-0.15, -0.1) is 11.8 Å². The number of carbonyl (C=O) groups excluding carboxylic acids is 1. The van der Waals surface area contributed by atoms with Crippen LogP contribution in [-0.2, 0) is 4.79 Å². The normalized spacial score (nSPS) is 15.0. The highest BCUT2D eigenvalue weighted by atomic mass is 32.2. The van der Waals surface area contributed by atoms with Gasteiger partial charge in [0.25, 0.3) is 0 Å². The Morgan fingerprint density at radius 3 is 2.87 bits per heavy atom. The van der Waals surface area contributed by atoms with Crippen molar-refractivity contribution < 1.29 is 19.4 Å². The van der Waals surface area contributed by atoms with Crippen LogP contribution in [-0.4, -0.2) is 41.5 Å². The van der Waals surface area contributed by atoms with Crippen molar-refractivity contribution in [3.63, 3.8) is 0 Å². The number of thioether (sulfide) groups is 1. The zero-order valence-corrected chi connectivity index (χ0v) is 18.8. The van der Waals surface area contributed by atoms with Gasteiger partial charge >= 0.3 is 12.0 Å². The smallest absolute Gasteiger partial charge is 0.328 e. The van der Waals surface area contributed by atoms with E-state index in [-0.39, 0.29) is 6.03 Å². The minimum Gasteiger partial charge on any atom is -0.497 e. The molecule has 0 aliphatic heterocycles. The zero-order valence-electron chi connectivity index (χ0n) is 17.2. The van der Waals surface area contributed by atoms with Crippen LogP contribution in [0.1, 0.15) is 32.6 Å². The highest BCUT2D eigenvalue weighted by Gasteiger charge is 2.24. The standard InChI is InChI=1S/C21H27N3O4S2/c1-14(19(25)26)13-29-18-11-22-20(30-18)23-21(27)24(12-15-6-3-4-7-15)16-8-5-9-17(10-16)28-2/h5,8-11,14-15H,3-4,6-7,12-13H2,1-2H3,(H,25,26)(H,22,23,27). The van der Waals surface area contributed by atoms with Gasteiger partial charge in [-0.25, -0.2) is 9.78 Å². The van der Waals surface area contributed by atoms with Crippen molar-refractivity contribution in [2.45, 2.75) is 36.8 Å². The van der Waals surface area contributed by atoms with Gasteiger partial charge in [-0.2, -0.15) is 0 Å². The number of thiazole rings is 1. The van der Waals surface area contributed by atoms with Crippen molar-refractivity contribution >= 4 is 45.9 Å². The van der Waals surface area contributed by atoms with Crippen LogP contribution < -0.4 is 15.0 Å². The second-order valence-electron chi connectivity index (χ2n) is 7.43. The third-order valence-corrected chi connectivity index (χ3v) is 7.49. The first kappa shape index (κ1) is 22.4. The third kappa shape index (κ3) is 6.12. The summed E-state index contributed by atoms with van der Waals surface area (Å²) in [6.45, 7) is 2.33. The van der Waals surface area contributed by atoms with Gasteiger partial charge in [-0.1, -0.05) is 37.2 Å². The second kappa shape index (κ2) is 10.7. The summed E-state index contributed by atoms with van der Waals surface area (Å²) in [5.41, 5.74) is 0.792. The molecule has 9 heteroatoms. The molecule has 30 heavy (non-hydrogen) atoms. The van der Waals surface area contributed by atoms with Crippen LogP contribution in [0.5, 0.6) is 5.75 Å². The Labute approximate surface area is 184 Å². The number of rotatable bonds is 9. The number of carboxylic acids is 1. The maximum atomic E-state index is 13.1. The van der Waals surface area contributed by atoms with E-state index in [1.54, 1.807) is 25.1 Å². The number of urea groups is 1. The molecule has 0 spiro atoms. The lowest BCUT2D eigenvalue weighted by atomic mass is 10.1. The summed E-state index contributed by atoms with van der Waals surface area (Å²) < 4.78 is 6.20. The van der Waals surface area contributed by atoms with E-state index in [2.05, 4.69) is 10.3 Å². The van der Waals surface area contributed by atoms with Gasteiger partial charge in [-0.3, -0.25) is 15.0 Å². The molecule has 0 bridgehead atoms. The molecule has 1 saturated carbocycles. The minimum atomic E-state index is -0.818. The molecule has 1 fully saturated rings. The van der Waals surface area contributed by atoms with E-state index in [0.29, 0.717) is 29.1 Å². The molecule has 0 radical (unpaired) electrons. The van der Waals surface area contributed by atoms with Gasteiger partial charge in [-0.05, 0) is 30.9 Å². The minimum absolute atomic E-state index is 0.222. The van der Waals surface area contributed by atoms with Crippen molar-refractivity contribution in [1.29, 1.82) is 0 Å². The molecule has 2 N–H and O–H groups in total. The Balaban J connectivity index is 1.69. The number of benzene rings is 1. The lowest BCUT2D eigenvalue weighted by molar-refractivity contribution is -0.140. The summed E-state index contributed by atoms with van der Waals surface area (Å²) in [7, 11) is 1.61. The SMILES string of the molecule is COc1cccc(N(CC2CCCC2)C(=O)Nc2ncc(SCC(C)C(=O)O)s2)c1. The number of carbonyl (C=O) groups is 2. The molecule has 2 aromatic rings. The third-order valence-electron chi connectivity index (χ3n) is 5.12. The molecule has 2 amide bonds. The molecule has 3 rings (SSSR count). The molecule has 1 unspecified atom stereocenters. The van der Waals surface area contributed by atoms with Crippen molar-refractivity contribution in [1.82, 2.24) is 4.98 Å². The fourth-order valence-electron chi connectivity index (χ4n) is 3.36. The fraction of sp³-hybridized carbons (Fsp3) is 0.476. The van der Waals surface area contributed by atoms with E-state index in [1.165, 1.54) is 35.9 Å². The predicted molar refractivity (Wildman–Crippen MR) is 121 cm³/mol. The summed E-state index contributed by atoms with van der Waals surface area (Å²) in [6, 6.07) is 7.29. The number of aliphatic carboxylic acids is 1. The van der Waals surface area contributed by atoms with Crippen LogP contribution in [0.2, 0.25) is 0 Å². The molecule has 1 aliphatic rings. The summed E-state index contributed by atoms with van der Waals surface area (Å²) >= 11 is 2.79. The zero-order chi connectivity index (χ0) is 21.5. The summed E-state index contributed by atoms with van der Waals surface area (Å²) in [4.78, 5) is 30.1. The van der Waals surface area contributed by atoms with Crippen molar-refractivity contribution in [2.75, 3.05) is 29.6 Å². The Morgan fingerprint density at radius 2 is 2.17 bits per heavy atom. The molecule has 1 aromatic heterocycles. The van der Waals surface area contributed by atoms with Gasteiger partial charge in [0, 0.05) is 24.1 Å². The molecular weight excluding hydrogens is 422 g/mol. The largest absolute Gasteiger partial charge is 0.497 e. The number of nitrogens with one attached hydrogen (secondary N) is 1. The number of hydrogen-bond donors (Lipinski definition) is 2. The number of hydrogen-bond acceptors (Lipinski definition) is 6. The Kier molecular flexibility index (Phi) is 7.98. The van der Waals surface area contributed by atoms with Crippen LogP contribution in [0.4, 0.5) is 15.6 Å². The number of nitrogens with zero attached hydrogens (tertiary/aromatic N) is 2. The second-order valence-corrected chi connectivity index (χ2v) is 9.78. The maximum Gasteiger partial charge on any atom is 0.328 e. The number of aromatic nitrogens is 1. The van der Waals surface area contributed by atoms with Crippen molar-refractivity contribution in [3.8, 4) is 5.75 Å². The predicted octanol–water partition coefficient (Wildman–Crippen LogP) is 5.19. The lowest BCUT2D eigenvalue weighted by Crippen LogP contribution is -2.38. The van der Waals surface area contributed by atoms with E-state index in [4.69, 9.17) is 9.84 Å². The summed E-state index contributed by atoms with van der Waals surface area (Å²) in [5, 5.41) is 12.4. The van der Waals surface area contributed by atoms with Gasteiger partial charge in [0.05, 0.1) is 23.4 Å². The van der Waals surface area contributed by atoms with E-state index in [0.717, 1.165) is 22.7 Å². The number of ether oxygens (including phenoxy) is 1.